The van der Waals surface area contributed by atoms with Crippen LogP contribution in [0, 0.1) is 5.92 Å². The number of carbonyl (C=O) groups excluding carboxylic acids is 1. The number of carbonyl (C=O) groups is 2. The van der Waals surface area contributed by atoms with E-state index in [-0.39, 0.29) is 12.6 Å². The van der Waals surface area contributed by atoms with E-state index in [0.29, 0.717) is 12.5 Å². The SMILES string of the molecule is COC(CNC(=O)NCC1CCC1)C(=O)O. The van der Waals surface area contributed by atoms with Gasteiger partial charge in [-0.15, -0.1) is 0 Å². The number of amides is 2. The Morgan fingerprint density at radius 2 is 2.12 bits per heavy atom. The van der Waals surface area contributed by atoms with Crippen LogP contribution in [0.1, 0.15) is 19.3 Å². The molecule has 92 valence electrons. The van der Waals surface area contributed by atoms with Crippen LogP contribution in [0.3, 0.4) is 0 Å². The average Bonchev–Trinajstić information content (AvgIpc) is 2.15. The van der Waals surface area contributed by atoms with Gasteiger partial charge < -0.3 is 20.5 Å². The molecule has 0 aromatic carbocycles. The lowest BCUT2D eigenvalue weighted by atomic mass is 9.85. The predicted octanol–water partition coefficient (Wildman–Crippen LogP) is 0.185. The van der Waals surface area contributed by atoms with E-state index >= 15 is 0 Å². The van der Waals surface area contributed by atoms with Gasteiger partial charge in [0.1, 0.15) is 0 Å². The number of hydrogen-bond acceptors (Lipinski definition) is 3. The van der Waals surface area contributed by atoms with Gasteiger partial charge in [-0.3, -0.25) is 0 Å². The van der Waals surface area contributed by atoms with Crippen LogP contribution in [0.4, 0.5) is 4.79 Å². The van der Waals surface area contributed by atoms with E-state index in [1.165, 1.54) is 13.5 Å². The van der Waals surface area contributed by atoms with Crippen molar-refractivity contribution in [2.45, 2.75) is 25.4 Å². The van der Waals surface area contributed by atoms with Crippen LogP contribution in [0.25, 0.3) is 0 Å². The van der Waals surface area contributed by atoms with E-state index in [9.17, 15) is 9.59 Å². The molecule has 1 atom stereocenters. The summed E-state index contributed by atoms with van der Waals surface area (Å²) in [6.07, 6.45) is 2.57. The van der Waals surface area contributed by atoms with Crippen molar-refractivity contribution >= 4 is 12.0 Å². The van der Waals surface area contributed by atoms with Gasteiger partial charge in [0.15, 0.2) is 6.10 Å². The van der Waals surface area contributed by atoms with Gasteiger partial charge in [0.05, 0.1) is 6.54 Å². The summed E-state index contributed by atoms with van der Waals surface area (Å²) in [5.74, 6) is -0.495. The van der Waals surface area contributed by atoms with Crippen molar-refractivity contribution in [3.63, 3.8) is 0 Å². The molecule has 0 spiro atoms. The maximum atomic E-state index is 11.3. The molecule has 0 aromatic heterocycles. The Bertz CT molecular complexity index is 253. The molecule has 2 amide bonds. The van der Waals surface area contributed by atoms with E-state index in [1.807, 2.05) is 0 Å². The van der Waals surface area contributed by atoms with Gasteiger partial charge in [0.2, 0.25) is 0 Å². The van der Waals surface area contributed by atoms with Crippen molar-refractivity contribution in [3.8, 4) is 0 Å². The van der Waals surface area contributed by atoms with Crippen molar-refractivity contribution in [2.75, 3.05) is 20.2 Å². The maximum Gasteiger partial charge on any atom is 0.334 e. The van der Waals surface area contributed by atoms with E-state index in [4.69, 9.17) is 5.11 Å². The molecule has 1 unspecified atom stereocenters. The normalized spacial score (nSPS) is 17.3. The van der Waals surface area contributed by atoms with Crippen LogP contribution in [0.5, 0.6) is 0 Å². The molecule has 1 fully saturated rings. The Labute approximate surface area is 94.3 Å². The van der Waals surface area contributed by atoms with Crippen LogP contribution in [-0.2, 0) is 9.53 Å². The van der Waals surface area contributed by atoms with Crippen molar-refractivity contribution in [3.05, 3.63) is 0 Å². The molecule has 1 aliphatic rings. The molecule has 1 saturated carbocycles. The smallest absolute Gasteiger partial charge is 0.334 e. The fourth-order valence-corrected chi connectivity index (χ4v) is 1.45. The minimum Gasteiger partial charge on any atom is -0.479 e. The minimum atomic E-state index is -1.08. The van der Waals surface area contributed by atoms with Crippen LogP contribution in [0.15, 0.2) is 0 Å². The molecule has 0 bridgehead atoms. The predicted molar refractivity (Wildman–Crippen MR) is 57.2 cm³/mol. The molecule has 0 heterocycles. The zero-order chi connectivity index (χ0) is 12.0. The molecule has 0 saturated heterocycles. The lowest BCUT2D eigenvalue weighted by Crippen LogP contribution is -2.44. The molecule has 3 N–H and O–H groups in total. The Morgan fingerprint density at radius 1 is 1.44 bits per heavy atom. The quantitative estimate of drug-likeness (QED) is 0.607. The number of ether oxygens (including phenoxy) is 1. The first-order chi connectivity index (χ1) is 7.63. The molecular formula is C10H18N2O4. The first-order valence-electron chi connectivity index (χ1n) is 5.40. The molecule has 0 radical (unpaired) electrons. The van der Waals surface area contributed by atoms with Gasteiger partial charge >= 0.3 is 12.0 Å². The number of carboxylic acids is 1. The second-order valence-corrected chi connectivity index (χ2v) is 3.95. The van der Waals surface area contributed by atoms with Crippen molar-refractivity contribution in [1.82, 2.24) is 10.6 Å². The Hall–Kier alpha value is -1.30. The molecule has 6 nitrogen and oxygen atoms in total. The minimum absolute atomic E-state index is 0.0255. The lowest BCUT2D eigenvalue weighted by molar-refractivity contribution is -0.147. The Morgan fingerprint density at radius 3 is 2.56 bits per heavy atom. The summed E-state index contributed by atoms with van der Waals surface area (Å²) in [4.78, 5) is 21.8. The van der Waals surface area contributed by atoms with Gasteiger partial charge in [0.25, 0.3) is 0 Å². The third-order valence-electron chi connectivity index (χ3n) is 2.78. The molecule has 0 aliphatic heterocycles. The Kier molecular flexibility index (Phi) is 5.04. The number of hydrogen-bond donors (Lipinski definition) is 3. The number of carboxylic acid groups (broad SMARTS) is 1. The van der Waals surface area contributed by atoms with Gasteiger partial charge in [0, 0.05) is 13.7 Å². The highest BCUT2D eigenvalue weighted by Crippen LogP contribution is 2.24. The molecular weight excluding hydrogens is 212 g/mol. The molecule has 1 rings (SSSR count). The first-order valence-corrected chi connectivity index (χ1v) is 5.40. The summed E-state index contributed by atoms with van der Waals surface area (Å²) >= 11 is 0. The zero-order valence-electron chi connectivity index (χ0n) is 9.36. The average molecular weight is 230 g/mol. The molecule has 6 heteroatoms. The first kappa shape index (κ1) is 12.8. The summed E-state index contributed by atoms with van der Waals surface area (Å²) in [5, 5.41) is 13.8. The summed E-state index contributed by atoms with van der Waals surface area (Å²) in [6.45, 7) is 0.638. The van der Waals surface area contributed by atoms with Gasteiger partial charge in [-0.25, -0.2) is 9.59 Å². The van der Waals surface area contributed by atoms with E-state index in [0.717, 1.165) is 12.8 Å². The van der Waals surface area contributed by atoms with Crippen LogP contribution >= 0.6 is 0 Å². The number of methoxy groups -OCH3 is 1. The van der Waals surface area contributed by atoms with Gasteiger partial charge in [-0.1, -0.05) is 6.42 Å². The third-order valence-corrected chi connectivity index (χ3v) is 2.78. The summed E-state index contributed by atoms with van der Waals surface area (Å²) in [6, 6.07) is -0.338. The van der Waals surface area contributed by atoms with Gasteiger partial charge in [-0.2, -0.15) is 0 Å². The number of rotatable bonds is 6. The van der Waals surface area contributed by atoms with E-state index in [1.54, 1.807) is 0 Å². The second-order valence-electron chi connectivity index (χ2n) is 3.95. The van der Waals surface area contributed by atoms with Gasteiger partial charge in [-0.05, 0) is 18.8 Å². The molecule has 1 aliphatic carbocycles. The number of aliphatic carboxylic acids is 1. The summed E-state index contributed by atoms with van der Waals surface area (Å²) < 4.78 is 4.68. The van der Waals surface area contributed by atoms with Crippen molar-refractivity contribution in [1.29, 1.82) is 0 Å². The highest BCUT2D eigenvalue weighted by Gasteiger charge is 2.19. The summed E-state index contributed by atoms with van der Waals surface area (Å²) in [7, 11) is 1.30. The largest absolute Gasteiger partial charge is 0.479 e. The second kappa shape index (κ2) is 6.32. The standard InChI is InChI=1S/C10H18N2O4/c1-16-8(9(13)14)6-12-10(15)11-5-7-3-2-4-7/h7-8H,2-6H2,1H3,(H,13,14)(H2,11,12,15). The topological polar surface area (TPSA) is 87.7 Å². The highest BCUT2D eigenvalue weighted by molar-refractivity contribution is 5.76. The van der Waals surface area contributed by atoms with Crippen molar-refractivity contribution in [2.24, 2.45) is 5.92 Å². The van der Waals surface area contributed by atoms with Crippen LogP contribution in [-0.4, -0.2) is 43.4 Å². The number of nitrogens with one attached hydrogen (secondary N) is 2. The number of urea groups is 1. The van der Waals surface area contributed by atoms with Crippen LogP contribution < -0.4 is 10.6 Å². The fraction of sp³-hybridized carbons (Fsp3) is 0.800. The monoisotopic (exact) mass is 230 g/mol. The Balaban J connectivity index is 2.10. The molecule has 16 heavy (non-hydrogen) atoms. The van der Waals surface area contributed by atoms with E-state index in [2.05, 4.69) is 15.4 Å². The zero-order valence-corrected chi connectivity index (χ0v) is 9.36. The highest BCUT2D eigenvalue weighted by atomic mass is 16.5. The lowest BCUT2D eigenvalue weighted by Gasteiger charge is -2.25. The summed E-state index contributed by atoms with van der Waals surface area (Å²) in [5.41, 5.74) is 0. The fourth-order valence-electron chi connectivity index (χ4n) is 1.45. The van der Waals surface area contributed by atoms with Crippen molar-refractivity contribution < 1.29 is 19.4 Å². The van der Waals surface area contributed by atoms with E-state index < -0.39 is 12.1 Å². The third kappa shape index (κ3) is 4.06. The maximum absolute atomic E-state index is 11.3. The van der Waals surface area contributed by atoms with Crippen LogP contribution in [0.2, 0.25) is 0 Å². The molecule has 0 aromatic rings.